The highest BCUT2D eigenvalue weighted by Crippen LogP contribution is 2.28. The third-order valence-corrected chi connectivity index (χ3v) is 4.70. The van der Waals surface area contributed by atoms with Crippen molar-refractivity contribution in [3.05, 3.63) is 37.8 Å². The van der Waals surface area contributed by atoms with Gasteiger partial charge in [0.2, 0.25) is 0 Å². The fourth-order valence-electron chi connectivity index (χ4n) is 2.44. The van der Waals surface area contributed by atoms with Gasteiger partial charge in [0.1, 0.15) is 5.65 Å². The van der Waals surface area contributed by atoms with Crippen LogP contribution in [-0.2, 0) is 13.6 Å². The van der Waals surface area contributed by atoms with E-state index in [1.165, 1.54) is 11.9 Å². The molecule has 0 aliphatic rings. The first-order chi connectivity index (χ1) is 10.5. The molecule has 3 rings (SSSR count). The minimum Gasteiger partial charge on any atom is -0.309 e. The Morgan fingerprint density at radius 3 is 2.73 bits per heavy atom. The summed E-state index contributed by atoms with van der Waals surface area (Å²) in [5.74, 6) is 0.750. The summed E-state index contributed by atoms with van der Waals surface area (Å²) in [6, 6.07) is 4.04. The van der Waals surface area contributed by atoms with Crippen LogP contribution in [0.1, 0.15) is 24.6 Å². The summed E-state index contributed by atoms with van der Waals surface area (Å²) < 4.78 is 3.01. The van der Waals surface area contributed by atoms with Gasteiger partial charge in [-0.1, -0.05) is 13.3 Å². The van der Waals surface area contributed by atoms with Gasteiger partial charge < -0.3 is 4.57 Å². The molecule has 0 aliphatic heterocycles. The third kappa shape index (κ3) is 2.31. The molecule has 3 heterocycles. The van der Waals surface area contributed by atoms with Crippen LogP contribution in [0.4, 0.5) is 0 Å². The van der Waals surface area contributed by atoms with E-state index in [4.69, 9.17) is 0 Å². The van der Waals surface area contributed by atoms with Crippen molar-refractivity contribution in [3.8, 4) is 10.7 Å². The lowest BCUT2D eigenvalue weighted by molar-refractivity contribution is 0.645. The Kier molecular flexibility index (Phi) is 3.74. The van der Waals surface area contributed by atoms with Crippen LogP contribution in [-0.4, -0.2) is 19.1 Å². The Labute approximate surface area is 131 Å². The number of nitrogens with one attached hydrogen (secondary N) is 1. The Bertz CT molecular complexity index is 945. The van der Waals surface area contributed by atoms with Gasteiger partial charge in [-0.15, -0.1) is 11.3 Å². The number of unbranched alkanes of at least 4 members (excludes halogenated alkanes) is 1. The fraction of sp³-hybridized carbons (Fsp3) is 0.400. The van der Waals surface area contributed by atoms with E-state index in [0.29, 0.717) is 11.2 Å². The van der Waals surface area contributed by atoms with Crippen LogP contribution < -0.4 is 11.2 Å². The lowest BCUT2D eigenvalue weighted by Crippen LogP contribution is -2.32. The number of rotatable bonds is 4. The first-order valence-electron chi connectivity index (χ1n) is 7.29. The van der Waals surface area contributed by atoms with Crippen molar-refractivity contribution in [3.63, 3.8) is 0 Å². The molecule has 0 aliphatic carbocycles. The number of aryl methyl sites for hydroxylation is 2. The molecule has 0 unspecified atom stereocenters. The first kappa shape index (κ1) is 14.8. The van der Waals surface area contributed by atoms with Gasteiger partial charge in [0.05, 0.1) is 4.88 Å². The maximum absolute atomic E-state index is 12.3. The van der Waals surface area contributed by atoms with Gasteiger partial charge in [-0.3, -0.25) is 14.3 Å². The van der Waals surface area contributed by atoms with Gasteiger partial charge in [-0.05, 0) is 25.5 Å². The van der Waals surface area contributed by atoms with E-state index < -0.39 is 5.69 Å². The van der Waals surface area contributed by atoms with Gasteiger partial charge in [0.15, 0.2) is 11.3 Å². The molecule has 22 heavy (non-hydrogen) atoms. The summed E-state index contributed by atoms with van der Waals surface area (Å²) in [6.45, 7) is 4.87. The molecule has 0 radical (unpaired) electrons. The lowest BCUT2D eigenvalue weighted by Gasteiger charge is -2.06. The minimum absolute atomic E-state index is 0.319. The fourth-order valence-corrected chi connectivity index (χ4v) is 3.31. The highest BCUT2D eigenvalue weighted by Gasteiger charge is 2.18. The number of aromatic amines is 1. The zero-order valence-electron chi connectivity index (χ0n) is 12.8. The Morgan fingerprint density at radius 2 is 2.09 bits per heavy atom. The number of nitrogens with zero attached hydrogens (tertiary/aromatic N) is 3. The van der Waals surface area contributed by atoms with Gasteiger partial charge in [-0.25, -0.2) is 9.78 Å². The van der Waals surface area contributed by atoms with Crippen LogP contribution >= 0.6 is 11.3 Å². The van der Waals surface area contributed by atoms with Crippen LogP contribution in [0.3, 0.4) is 0 Å². The maximum Gasteiger partial charge on any atom is 0.329 e. The molecular formula is C15H18N4O2S. The highest BCUT2D eigenvalue weighted by atomic mass is 32.1. The summed E-state index contributed by atoms with van der Waals surface area (Å²) >= 11 is 1.63. The zero-order valence-corrected chi connectivity index (χ0v) is 13.7. The second-order valence-corrected chi connectivity index (χ2v) is 6.63. The molecule has 0 fully saturated rings. The first-order valence-corrected chi connectivity index (χ1v) is 8.11. The topological polar surface area (TPSA) is 72.7 Å². The number of hydrogen-bond acceptors (Lipinski definition) is 4. The summed E-state index contributed by atoms with van der Waals surface area (Å²) in [6.07, 6.45) is 1.98. The van der Waals surface area contributed by atoms with Gasteiger partial charge in [0.25, 0.3) is 5.56 Å². The van der Waals surface area contributed by atoms with Crippen LogP contribution in [0.5, 0.6) is 0 Å². The maximum atomic E-state index is 12.3. The monoisotopic (exact) mass is 318 g/mol. The van der Waals surface area contributed by atoms with Crippen molar-refractivity contribution in [1.82, 2.24) is 19.1 Å². The number of H-pyrrole nitrogens is 1. The minimum atomic E-state index is -0.413. The van der Waals surface area contributed by atoms with E-state index >= 15 is 0 Å². The second-order valence-electron chi connectivity index (χ2n) is 5.34. The third-order valence-electron chi connectivity index (χ3n) is 3.70. The molecule has 0 saturated heterocycles. The van der Waals surface area contributed by atoms with Gasteiger partial charge >= 0.3 is 5.69 Å². The molecule has 0 saturated carbocycles. The lowest BCUT2D eigenvalue weighted by atomic mass is 10.3. The summed E-state index contributed by atoms with van der Waals surface area (Å²) in [5, 5.41) is 0. The molecule has 1 N–H and O–H groups in total. The highest BCUT2D eigenvalue weighted by molar-refractivity contribution is 7.15. The second kappa shape index (κ2) is 5.57. The van der Waals surface area contributed by atoms with Gasteiger partial charge in [0, 0.05) is 18.5 Å². The molecule has 6 nitrogen and oxygen atoms in total. The van der Waals surface area contributed by atoms with Crippen molar-refractivity contribution in [2.24, 2.45) is 7.05 Å². The largest absolute Gasteiger partial charge is 0.329 e. The Hall–Kier alpha value is -2.15. The Morgan fingerprint density at radius 1 is 1.32 bits per heavy atom. The summed E-state index contributed by atoms with van der Waals surface area (Å²) in [4.78, 5) is 33.7. The molecule has 116 valence electrons. The van der Waals surface area contributed by atoms with Crippen molar-refractivity contribution in [2.45, 2.75) is 33.2 Å². The average molecular weight is 318 g/mol. The van der Waals surface area contributed by atoms with E-state index in [0.717, 1.165) is 34.7 Å². The molecule has 7 heteroatoms. The van der Waals surface area contributed by atoms with Crippen molar-refractivity contribution in [2.75, 3.05) is 0 Å². The van der Waals surface area contributed by atoms with Crippen LogP contribution in [0.2, 0.25) is 0 Å². The smallest absolute Gasteiger partial charge is 0.309 e. The molecule has 3 aromatic heterocycles. The average Bonchev–Trinajstić information content (AvgIpc) is 3.07. The quantitative estimate of drug-likeness (QED) is 0.802. The number of aromatic nitrogens is 4. The van der Waals surface area contributed by atoms with Crippen LogP contribution in [0.25, 0.3) is 21.9 Å². The SMILES string of the molecule is CCCCn1c(-c2ccc(C)s2)nc2c(=O)n(C)c(=O)[nH]c21. The van der Waals surface area contributed by atoms with E-state index in [9.17, 15) is 9.59 Å². The number of imidazole rings is 1. The summed E-state index contributed by atoms with van der Waals surface area (Å²) in [5.41, 5.74) is 0.0643. The number of thiophene rings is 1. The van der Waals surface area contributed by atoms with E-state index in [2.05, 4.69) is 16.9 Å². The molecule has 3 aromatic rings. The molecule has 0 aromatic carbocycles. The van der Waals surface area contributed by atoms with Crippen LogP contribution in [0.15, 0.2) is 21.7 Å². The molecule has 0 atom stereocenters. The predicted octanol–water partition coefficient (Wildman–Crippen LogP) is 2.26. The normalized spacial score (nSPS) is 11.4. The zero-order chi connectivity index (χ0) is 15.9. The predicted molar refractivity (Wildman–Crippen MR) is 88.6 cm³/mol. The molecular weight excluding hydrogens is 300 g/mol. The van der Waals surface area contributed by atoms with Crippen molar-refractivity contribution < 1.29 is 0 Å². The molecule has 0 amide bonds. The van der Waals surface area contributed by atoms with Gasteiger partial charge in [-0.2, -0.15) is 0 Å². The number of hydrogen-bond donors (Lipinski definition) is 1. The molecule has 0 spiro atoms. The number of fused-ring (bicyclic) bond motifs is 1. The van der Waals surface area contributed by atoms with E-state index in [1.54, 1.807) is 11.3 Å². The summed E-state index contributed by atoms with van der Waals surface area (Å²) in [7, 11) is 1.46. The van der Waals surface area contributed by atoms with E-state index in [-0.39, 0.29) is 5.56 Å². The standard InChI is InChI=1S/C15H18N4O2S/c1-4-5-8-19-12(10-7-6-9(2)22-10)16-11-13(19)17-15(21)18(3)14(11)20/h6-7H,4-5,8H2,1-3H3,(H,17,21). The molecule has 0 bridgehead atoms. The van der Waals surface area contributed by atoms with Crippen LogP contribution in [0, 0.1) is 6.92 Å². The van der Waals surface area contributed by atoms with Crippen molar-refractivity contribution >= 4 is 22.5 Å². The van der Waals surface area contributed by atoms with Crippen molar-refractivity contribution in [1.29, 1.82) is 0 Å². The Balaban J connectivity index is 2.33. The van der Waals surface area contributed by atoms with E-state index in [1.807, 2.05) is 23.6 Å².